The van der Waals surface area contributed by atoms with Crippen molar-refractivity contribution in [2.24, 2.45) is 5.84 Å². The highest BCUT2D eigenvalue weighted by molar-refractivity contribution is 7.12. The van der Waals surface area contributed by atoms with Crippen LogP contribution >= 0.6 is 11.3 Å². The van der Waals surface area contributed by atoms with Crippen molar-refractivity contribution in [1.29, 1.82) is 0 Å². The fourth-order valence-electron chi connectivity index (χ4n) is 1.27. The van der Waals surface area contributed by atoms with Crippen molar-refractivity contribution in [3.63, 3.8) is 0 Å². The molecule has 0 spiro atoms. The van der Waals surface area contributed by atoms with Gasteiger partial charge >= 0.3 is 0 Å². The highest BCUT2D eigenvalue weighted by atomic mass is 32.1. The third-order valence-corrected chi connectivity index (χ3v) is 2.96. The molecular weight excluding hydrogens is 214 g/mol. The van der Waals surface area contributed by atoms with Crippen LogP contribution in [0, 0.1) is 0 Å². The number of hydrazine groups is 1. The van der Waals surface area contributed by atoms with Crippen LogP contribution in [0.1, 0.15) is 15.2 Å². The third kappa shape index (κ3) is 3.28. The zero-order chi connectivity index (χ0) is 11.3. The maximum Gasteiger partial charge on any atom is 0.275 e. The summed E-state index contributed by atoms with van der Waals surface area (Å²) in [6, 6.07) is 1.89. The number of rotatable bonds is 5. The maximum absolute atomic E-state index is 11.3. The van der Waals surface area contributed by atoms with E-state index < -0.39 is 0 Å². The lowest BCUT2D eigenvalue weighted by Crippen LogP contribution is -2.30. The molecular formula is C9H15N3O2S. The van der Waals surface area contributed by atoms with Gasteiger partial charge in [-0.2, -0.15) is 0 Å². The van der Waals surface area contributed by atoms with E-state index in [0.29, 0.717) is 18.0 Å². The summed E-state index contributed by atoms with van der Waals surface area (Å²) < 4.78 is 0. The molecule has 0 aromatic carbocycles. The number of aliphatic hydroxyl groups is 1. The van der Waals surface area contributed by atoms with Crippen molar-refractivity contribution in [1.82, 2.24) is 10.3 Å². The number of thiophene rings is 1. The molecule has 15 heavy (non-hydrogen) atoms. The molecule has 0 bridgehead atoms. The predicted octanol–water partition coefficient (Wildman–Crippen LogP) is -0.224. The van der Waals surface area contributed by atoms with Gasteiger partial charge in [-0.1, -0.05) is 0 Å². The lowest BCUT2D eigenvalue weighted by atomic mass is 10.2. The van der Waals surface area contributed by atoms with E-state index in [1.54, 1.807) is 0 Å². The molecule has 0 fully saturated rings. The summed E-state index contributed by atoms with van der Waals surface area (Å²) in [5, 5.41) is 10.6. The number of carbonyl (C=O) groups excluding carboxylic acids is 1. The SMILES string of the molecule is CN(CCO)Cc1ccsc1C(=O)NN. The number of amides is 1. The number of aliphatic hydroxyl groups excluding tert-OH is 1. The Morgan fingerprint density at radius 2 is 2.47 bits per heavy atom. The van der Waals surface area contributed by atoms with Crippen LogP contribution in [0.15, 0.2) is 11.4 Å². The molecule has 1 aromatic heterocycles. The molecule has 6 heteroatoms. The normalized spacial score (nSPS) is 10.7. The Kier molecular flexibility index (Phi) is 4.70. The molecule has 1 amide bonds. The zero-order valence-electron chi connectivity index (χ0n) is 8.56. The minimum atomic E-state index is -0.266. The molecule has 0 radical (unpaired) electrons. The summed E-state index contributed by atoms with van der Waals surface area (Å²) in [6.45, 7) is 1.32. The number of likely N-dealkylation sites (N-methyl/N-ethyl adjacent to an activating group) is 1. The monoisotopic (exact) mass is 229 g/mol. The van der Waals surface area contributed by atoms with Gasteiger partial charge in [0.1, 0.15) is 0 Å². The van der Waals surface area contributed by atoms with Gasteiger partial charge < -0.3 is 5.11 Å². The Bertz CT molecular complexity index is 327. The summed E-state index contributed by atoms with van der Waals surface area (Å²) in [5.74, 6) is 4.81. The highest BCUT2D eigenvalue weighted by Gasteiger charge is 2.12. The fraction of sp³-hybridized carbons (Fsp3) is 0.444. The van der Waals surface area contributed by atoms with Crippen molar-refractivity contribution >= 4 is 17.2 Å². The van der Waals surface area contributed by atoms with Crippen LogP contribution < -0.4 is 11.3 Å². The number of hydrogen-bond acceptors (Lipinski definition) is 5. The van der Waals surface area contributed by atoms with E-state index in [-0.39, 0.29) is 12.5 Å². The molecule has 0 atom stereocenters. The van der Waals surface area contributed by atoms with Crippen molar-refractivity contribution in [3.8, 4) is 0 Å². The van der Waals surface area contributed by atoms with Gasteiger partial charge in [-0.25, -0.2) is 5.84 Å². The average molecular weight is 229 g/mol. The Morgan fingerprint density at radius 3 is 3.07 bits per heavy atom. The van der Waals surface area contributed by atoms with Crippen LogP contribution in [0.3, 0.4) is 0 Å². The average Bonchev–Trinajstić information content (AvgIpc) is 2.65. The van der Waals surface area contributed by atoms with Crippen molar-refractivity contribution in [2.75, 3.05) is 20.2 Å². The molecule has 84 valence electrons. The summed E-state index contributed by atoms with van der Waals surface area (Å²) in [7, 11) is 1.89. The molecule has 0 aliphatic rings. The second-order valence-electron chi connectivity index (χ2n) is 3.21. The van der Waals surface area contributed by atoms with E-state index in [9.17, 15) is 4.79 Å². The van der Waals surface area contributed by atoms with Crippen molar-refractivity contribution < 1.29 is 9.90 Å². The van der Waals surface area contributed by atoms with Crippen LogP contribution in [0.25, 0.3) is 0 Å². The van der Waals surface area contributed by atoms with Crippen molar-refractivity contribution in [3.05, 3.63) is 21.9 Å². The van der Waals surface area contributed by atoms with Crippen LogP contribution in [-0.2, 0) is 6.54 Å². The quantitative estimate of drug-likeness (QED) is 0.370. The van der Waals surface area contributed by atoms with E-state index in [0.717, 1.165) is 5.56 Å². The number of nitrogens with one attached hydrogen (secondary N) is 1. The minimum absolute atomic E-state index is 0.110. The first-order chi connectivity index (χ1) is 7.19. The standard InChI is InChI=1S/C9H15N3O2S/c1-12(3-4-13)6-7-2-5-15-8(7)9(14)11-10/h2,5,13H,3-4,6,10H2,1H3,(H,11,14). The molecule has 0 aliphatic heterocycles. The van der Waals surface area contributed by atoms with Gasteiger partial charge in [0.15, 0.2) is 0 Å². The molecule has 0 aliphatic carbocycles. The Balaban J connectivity index is 2.68. The lowest BCUT2D eigenvalue weighted by Gasteiger charge is -2.14. The van der Waals surface area contributed by atoms with Crippen molar-refractivity contribution in [2.45, 2.75) is 6.54 Å². The Morgan fingerprint density at radius 1 is 1.73 bits per heavy atom. The third-order valence-electron chi connectivity index (χ3n) is 2.01. The predicted molar refractivity (Wildman–Crippen MR) is 59.4 cm³/mol. The minimum Gasteiger partial charge on any atom is -0.395 e. The van der Waals surface area contributed by atoms with Gasteiger partial charge in [0, 0.05) is 13.1 Å². The Labute approximate surface area is 92.5 Å². The van der Waals surface area contributed by atoms with Crippen LogP contribution in [0.2, 0.25) is 0 Å². The molecule has 1 aromatic rings. The van der Waals surface area contributed by atoms with Gasteiger partial charge in [0.05, 0.1) is 11.5 Å². The zero-order valence-corrected chi connectivity index (χ0v) is 9.38. The van der Waals surface area contributed by atoms with Gasteiger partial charge in [-0.05, 0) is 24.1 Å². The van der Waals surface area contributed by atoms with Gasteiger partial charge in [-0.3, -0.25) is 15.1 Å². The van der Waals surface area contributed by atoms with E-state index in [4.69, 9.17) is 10.9 Å². The smallest absolute Gasteiger partial charge is 0.275 e. The number of hydrogen-bond donors (Lipinski definition) is 3. The number of nitrogen functional groups attached to an aromatic ring is 1. The van der Waals surface area contributed by atoms with Crippen LogP contribution in [0.4, 0.5) is 0 Å². The molecule has 5 nitrogen and oxygen atoms in total. The second kappa shape index (κ2) is 5.82. The fourth-order valence-corrected chi connectivity index (χ4v) is 2.08. The Hall–Kier alpha value is -0.950. The number of nitrogens with zero attached hydrogens (tertiary/aromatic N) is 1. The highest BCUT2D eigenvalue weighted by Crippen LogP contribution is 2.17. The van der Waals surface area contributed by atoms with E-state index in [1.165, 1.54) is 11.3 Å². The van der Waals surface area contributed by atoms with Gasteiger partial charge in [-0.15, -0.1) is 11.3 Å². The first kappa shape index (κ1) is 12.1. The summed E-state index contributed by atoms with van der Waals surface area (Å²) in [4.78, 5) is 13.9. The summed E-state index contributed by atoms with van der Waals surface area (Å²) in [5.41, 5.74) is 3.05. The molecule has 0 saturated carbocycles. The molecule has 1 heterocycles. The molecule has 1 rings (SSSR count). The first-order valence-electron chi connectivity index (χ1n) is 4.55. The molecule has 0 saturated heterocycles. The van der Waals surface area contributed by atoms with Crippen LogP contribution in [0.5, 0.6) is 0 Å². The maximum atomic E-state index is 11.3. The number of carbonyl (C=O) groups is 1. The van der Waals surface area contributed by atoms with E-state index in [1.807, 2.05) is 23.4 Å². The number of nitrogens with two attached hydrogens (primary N) is 1. The second-order valence-corrected chi connectivity index (χ2v) is 4.13. The topological polar surface area (TPSA) is 78.6 Å². The van der Waals surface area contributed by atoms with Gasteiger partial charge in [0.25, 0.3) is 5.91 Å². The summed E-state index contributed by atoms with van der Waals surface area (Å²) in [6.07, 6.45) is 0. The molecule has 0 unspecified atom stereocenters. The van der Waals surface area contributed by atoms with E-state index in [2.05, 4.69) is 5.43 Å². The first-order valence-corrected chi connectivity index (χ1v) is 5.43. The lowest BCUT2D eigenvalue weighted by molar-refractivity contribution is 0.0956. The molecule has 4 N–H and O–H groups in total. The largest absolute Gasteiger partial charge is 0.395 e. The van der Waals surface area contributed by atoms with E-state index >= 15 is 0 Å². The summed E-state index contributed by atoms with van der Waals surface area (Å²) >= 11 is 1.36. The van der Waals surface area contributed by atoms with Crippen LogP contribution in [-0.4, -0.2) is 36.1 Å². The van der Waals surface area contributed by atoms with Gasteiger partial charge in [0.2, 0.25) is 0 Å².